The molecule has 0 rings (SSSR count). The van der Waals surface area contributed by atoms with Gasteiger partial charge in [0.1, 0.15) is 0 Å². The monoisotopic (exact) mass is 491 g/mol. The first-order valence-electron chi connectivity index (χ1n) is 3.10. The van der Waals surface area contributed by atoms with Gasteiger partial charge in [0.25, 0.3) is 0 Å². The average molecular weight is 489 g/mol. The van der Waals surface area contributed by atoms with Crippen LogP contribution in [-0.4, -0.2) is 135 Å². The van der Waals surface area contributed by atoms with Crippen molar-refractivity contribution in [3.63, 3.8) is 0 Å². The Balaban J connectivity index is -0.0000000257. The SMILES string of the molecule is OB(O)O.OB(O)O.OB(O)O.OB(O)O.[Eu].[SrH2]. The van der Waals surface area contributed by atoms with Crippen LogP contribution < -0.4 is 0 Å². The van der Waals surface area contributed by atoms with Gasteiger partial charge in [0.05, 0.1) is 0 Å². The second-order valence-corrected chi connectivity index (χ2v) is 1.39. The first-order valence-corrected chi connectivity index (χ1v) is 3.10. The molecule has 0 aliphatic carbocycles. The maximum absolute atomic E-state index is 7.17. The summed E-state index contributed by atoms with van der Waals surface area (Å²) in [6, 6.07) is 0. The molecular weight excluding hydrogens is 475 g/mol. The Morgan fingerprint density at radius 3 is 0.333 bits per heavy atom. The van der Waals surface area contributed by atoms with Crippen molar-refractivity contribution < 1.29 is 110 Å². The number of rotatable bonds is 0. The second kappa shape index (κ2) is 32.0. The van der Waals surface area contributed by atoms with Gasteiger partial charge in [-0.3, -0.25) is 0 Å². The van der Waals surface area contributed by atoms with Gasteiger partial charge in [-0.1, -0.05) is 0 Å². The van der Waals surface area contributed by atoms with Crippen molar-refractivity contribution in [3.8, 4) is 0 Å². The van der Waals surface area contributed by atoms with Crippen molar-refractivity contribution in [3.05, 3.63) is 0 Å². The predicted molar refractivity (Wildman–Crippen MR) is 58.2 cm³/mol. The zero-order valence-corrected chi connectivity index (χ0v) is 10.5. The van der Waals surface area contributed by atoms with Crippen LogP contribution in [0.4, 0.5) is 0 Å². The third-order valence-electron chi connectivity index (χ3n) is 0. The first kappa shape index (κ1) is 37.3. The maximum atomic E-state index is 7.17. The molecule has 1 radical (unpaired) electrons. The van der Waals surface area contributed by atoms with Gasteiger partial charge in [-0.25, -0.2) is 0 Å². The van der Waals surface area contributed by atoms with Gasteiger partial charge in [-0.05, 0) is 0 Å². The fraction of sp³-hybridized carbons (Fsp3) is 0. The van der Waals surface area contributed by atoms with Crippen LogP contribution in [0.5, 0.6) is 0 Å². The standard InChI is InChI=1S/4BH3O3.Eu.Sr.2H/c4*2-1(3)4;;;;/h4*2-4H;;;;. The Kier molecular flexibility index (Phi) is 66.2. The molecule has 0 aliphatic rings. The summed E-state index contributed by atoms with van der Waals surface area (Å²) in [7, 11) is -8.67. The van der Waals surface area contributed by atoms with Gasteiger partial charge in [-0.15, -0.1) is 0 Å². The van der Waals surface area contributed by atoms with Gasteiger partial charge < -0.3 is 60.3 Å². The molecule has 18 heavy (non-hydrogen) atoms. The second-order valence-electron chi connectivity index (χ2n) is 1.39. The van der Waals surface area contributed by atoms with Gasteiger partial charge >= 0.3 is 74.8 Å². The Hall–Kier alpha value is 2.84. The summed E-state index contributed by atoms with van der Waals surface area (Å²) in [5.41, 5.74) is 0. The minimum absolute atomic E-state index is 0. The van der Waals surface area contributed by atoms with Crippen molar-refractivity contribution in [1.82, 2.24) is 0 Å². The van der Waals surface area contributed by atoms with Crippen LogP contribution in [0.15, 0.2) is 0 Å². The quantitative estimate of drug-likeness (QED) is 0.142. The molecule has 0 unspecified atom stereocenters. The number of hydrogen-bond acceptors (Lipinski definition) is 12. The van der Waals surface area contributed by atoms with E-state index in [1.165, 1.54) is 0 Å². The molecule has 18 heteroatoms. The van der Waals surface area contributed by atoms with E-state index in [2.05, 4.69) is 0 Å². The Labute approximate surface area is 181 Å². The molecule has 107 valence electrons. The third kappa shape index (κ3) is 742. The van der Waals surface area contributed by atoms with E-state index < -0.39 is 29.3 Å². The summed E-state index contributed by atoms with van der Waals surface area (Å²) in [6.07, 6.45) is 0. The summed E-state index contributed by atoms with van der Waals surface area (Å²) in [5.74, 6) is 0. The summed E-state index contributed by atoms with van der Waals surface area (Å²) < 4.78 is 0. The van der Waals surface area contributed by atoms with Gasteiger partial charge in [0, 0.05) is 49.4 Å². The molecule has 0 spiro atoms. The van der Waals surface area contributed by atoms with Gasteiger partial charge in [0.2, 0.25) is 0 Å². The Morgan fingerprint density at radius 2 is 0.333 bits per heavy atom. The van der Waals surface area contributed by atoms with Crippen molar-refractivity contribution in [2.45, 2.75) is 0 Å². The molecule has 0 saturated carbocycles. The molecule has 0 heterocycles. The van der Waals surface area contributed by atoms with Crippen molar-refractivity contribution in [2.75, 3.05) is 0 Å². The van der Waals surface area contributed by atoms with Crippen molar-refractivity contribution >= 4 is 74.8 Å². The van der Waals surface area contributed by atoms with Crippen LogP contribution in [0.25, 0.3) is 0 Å². The molecule has 0 aliphatic heterocycles. The molecule has 0 aromatic heterocycles. The molecular formula is H14B4EuO12Sr. The molecule has 0 fully saturated rings. The predicted octanol–water partition coefficient (Wildman–Crippen LogP) is -9.12. The van der Waals surface area contributed by atoms with E-state index in [9.17, 15) is 0 Å². The summed E-state index contributed by atoms with van der Waals surface area (Å²) >= 11 is 0. The molecule has 0 amide bonds. The summed E-state index contributed by atoms with van der Waals surface area (Å²) in [6.45, 7) is 0. The van der Waals surface area contributed by atoms with Crippen LogP contribution in [0.3, 0.4) is 0 Å². The van der Waals surface area contributed by atoms with E-state index in [4.69, 9.17) is 60.3 Å². The van der Waals surface area contributed by atoms with E-state index in [1.54, 1.807) is 0 Å². The fourth-order valence-corrected chi connectivity index (χ4v) is 0. The Morgan fingerprint density at radius 1 is 0.333 bits per heavy atom. The van der Waals surface area contributed by atoms with Crippen LogP contribution in [-0.2, 0) is 0 Å². The van der Waals surface area contributed by atoms with Gasteiger partial charge in [0.15, 0.2) is 0 Å². The molecule has 0 bridgehead atoms. The summed E-state index contributed by atoms with van der Waals surface area (Å²) in [5, 5.41) is 86.0. The van der Waals surface area contributed by atoms with E-state index >= 15 is 0 Å². The molecule has 0 aromatic rings. The molecule has 0 aromatic carbocycles. The zero-order valence-electron chi connectivity index (χ0n) is 8.05. The van der Waals surface area contributed by atoms with Crippen molar-refractivity contribution in [2.24, 2.45) is 0 Å². The summed E-state index contributed by atoms with van der Waals surface area (Å²) in [4.78, 5) is 0. The first-order chi connectivity index (χ1) is 6.93. The van der Waals surface area contributed by atoms with E-state index in [0.29, 0.717) is 0 Å². The minimum atomic E-state index is -2.17. The zero-order chi connectivity index (χ0) is 14.3. The van der Waals surface area contributed by atoms with Crippen LogP contribution in [0.2, 0.25) is 0 Å². The Bertz CT molecular complexity index is 67.1. The normalized spacial score (nSPS) is 6.00. The van der Waals surface area contributed by atoms with Crippen LogP contribution in [0, 0.1) is 49.4 Å². The van der Waals surface area contributed by atoms with Crippen LogP contribution >= 0.6 is 0 Å². The molecule has 12 nitrogen and oxygen atoms in total. The third-order valence-corrected chi connectivity index (χ3v) is 0. The van der Waals surface area contributed by atoms with Crippen molar-refractivity contribution in [1.29, 1.82) is 0 Å². The topological polar surface area (TPSA) is 243 Å². The molecule has 12 N–H and O–H groups in total. The average Bonchev–Trinajstić information content (AvgIpc) is 1.76. The van der Waals surface area contributed by atoms with E-state index in [0.717, 1.165) is 0 Å². The fourth-order valence-electron chi connectivity index (χ4n) is 0. The van der Waals surface area contributed by atoms with E-state index in [-0.39, 0.29) is 94.9 Å². The van der Waals surface area contributed by atoms with Gasteiger partial charge in [-0.2, -0.15) is 0 Å². The molecule has 0 saturated heterocycles. The van der Waals surface area contributed by atoms with E-state index in [1.807, 2.05) is 0 Å². The number of hydrogen-bond donors (Lipinski definition) is 12. The molecule has 0 atom stereocenters. The van der Waals surface area contributed by atoms with Crippen LogP contribution in [0.1, 0.15) is 0 Å².